The van der Waals surface area contributed by atoms with Crippen molar-refractivity contribution in [1.29, 1.82) is 0 Å². The van der Waals surface area contributed by atoms with Gasteiger partial charge in [0, 0.05) is 26.2 Å². The van der Waals surface area contributed by atoms with E-state index in [2.05, 4.69) is 15.4 Å². The van der Waals surface area contributed by atoms with Crippen LogP contribution in [-0.2, 0) is 16.1 Å². The summed E-state index contributed by atoms with van der Waals surface area (Å²) in [5.74, 6) is 1.34. The lowest BCUT2D eigenvalue weighted by atomic mass is 9.91. The Morgan fingerprint density at radius 2 is 2.45 bits per heavy atom. The third-order valence-corrected chi connectivity index (χ3v) is 4.24. The Hall–Kier alpha value is -1.40. The molecular formula is C14H21N3O3. The molecule has 3 rings (SSSR count). The van der Waals surface area contributed by atoms with E-state index in [1.165, 1.54) is 0 Å². The highest BCUT2D eigenvalue weighted by molar-refractivity contribution is 5.80. The Bertz CT molecular complexity index is 488. The van der Waals surface area contributed by atoms with Gasteiger partial charge in [-0.3, -0.25) is 9.69 Å². The van der Waals surface area contributed by atoms with Gasteiger partial charge in [0.1, 0.15) is 11.9 Å². The predicted octanol–water partition coefficient (Wildman–Crippen LogP) is 0.708. The van der Waals surface area contributed by atoms with Crippen LogP contribution in [0, 0.1) is 12.8 Å². The maximum atomic E-state index is 11.7. The normalized spacial score (nSPS) is 30.2. The summed E-state index contributed by atoms with van der Waals surface area (Å²) in [6, 6.07) is 1.97. The number of carbonyl (C=O) groups is 1. The first-order chi connectivity index (χ1) is 9.65. The lowest BCUT2D eigenvalue weighted by Gasteiger charge is -2.33. The topological polar surface area (TPSA) is 67.6 Å². The Kier molecular flexibility index (Phi) is 3.76. The summed E-state index contributed by atoms with van der Waals surface area (Å²) in [7, 11) is 1.66. The van der Waals surface area contributed by atoms with E-state index >= 15 is 0 Å². The molecule has 2 fully saturated rings. The largest absolute Gasteiger partial charge is 0.364 e. The van der Waals surface area contributed by atoms with Gasteiger partial charge < -0.3 is 14.6 Å². The molecule has 3 heterocycles. The van der Waals surface area contributed by atoms with E-state index in [0.717, 1.165) is 43.9 Å². The molecule has 0 aromatic carbocycles. The zero-order valence-corrected chi connectivity index (χ0v) is 12.0. The van der Waals surface area contributed by atoms with E-state index in [9.17, 15) is 4.79 Å². The smallest absolute Gasteiger partial charge is 0.248 e. The molecule has 2 saturated heterocycles. The van der Waals surface area contributed by atoms with E-state index in [1.807, 2.05) is 13.0 Å². The number of amides is 1. The van der Waals surface area contributed by atoms with Crippen molar-refractivity contribution in [2.75, 3.05) is 20.1 Å². The second kappa shape index (κ2) is 5.54. The number of hydrogen-bond acceptors (Lipinski definition) is 5. The highest BCUT2D eigenvalue weighted by Gasteiger charge is 2.41. The summed E-state index contributed by atoms with van der Waals surface area (Å²) < 4.78 is 11.0. The van der Waals surface area contributed by atoms with Gasteiger partial charge in [0.15, 0.2) is 0 Å². The SMILES string of the molecule is CNC(=O)[C@@H]1C[C@@H]2CCN(Cc3cc(C)on3)C[C@H]2O1. The minimum Gasteiger partial charge on any atom is -0.364 e. The molecular weight excluding hydrogens is 258 g/mol. The van der Waals surface area contributed by atoms with Gasteiger partial charge in [-0.1, -0.05) is 5.16 Å². The van der Waals surface area contributed by atoms with E-state index < -0.39 is 0 Å². The van der Waals surface area contributed by atoms with Crippen molar-refractivity contribution in [3.63, 3.8) is 0 Å². The minimum atomic E-state index is -0.274. The van der Waals surface area contributed by atoms with Gasteiger partial charge in [-0.15, -0.1) is 0 Å². The molecule has 1 aromatic heterocycles. The molecule has 2 aliphatic heterocycles. The molecule has 1 amide bonds. The fourth-order valence-electron chi connectivity index (χ4n) is 3.19. The minimum absolute atomic E-state index is 0.00178. The number of likely N-dealkylation sites (tertiary alicyclic amines) is 1. The summed E-state index contributed by atoms with van der Waals surface area (Å²) >= 11 is 0. The molecule has 0 unspecified atom stereocenters. The molecule has 0 spiro atoms. The number of aryl methyl sites for hydroxylation is 1. The van der Waals surface area contributed by atoms with Crippen LogP contribution in [0.25, 0.3) is 0 Å². The van der Waals surface area contributed by atoms with Crippen molar-refractivity contribution < 1.29 is 14.1 Å². The third kappa shape index (κ3) is 2.71. The summed E-state index contributed by atoms with van der Waals surface area (Å²) in [6.45, 7) is 4.58. The molecule has 6 nitrogen and oxygen atoms in total. The standard InChI is InChI=1S/C14H21N3O3/c1-9-5-11(16-20-9)7-17-4-3-10-6-12(14(18)15-2)19-13(10)8-17/h5,10,12-13H,3-4,6-8H2,1-2H3,(H,15,18)/t10-,12-,13+/m0/s1. The monoisotopic (exact) mass is 279 g/mol. The first-order valence-corrected chi connectivity index (χ1v) is 7.17. The lowest BCUT2D eigenvalue weighted by Crippen LogP contribution is -2.42. The van der Waals surface area contributed by atoms with Gasteiger partial charge in [-0.25, -0.2) is 0 Å². The van der Waals surface area contributed by atoms with Crippen molar-refractivity contribution >= 4 is 5.91 Å². The number of likely N-dealkylation sites (N-methyl/N-ethyl adjacent to an activating group) is 1. The molecule has 20 heavy (non-hydrogen) atoms. The van der Waals surface area contributed by atoms with E-state index in [-0.39, 0.29) is 18.1 Å². The van der Waals surface area contributed by atoms with Crippen LogP contribution in [-0.4, -0.2) is 48.3 Å². The summed E-state index contributed by atoms with van der Waals surface area (Å²) in [5, 5.41) is 6.70. The predicted molar refractivity (Wildman–Crippen MR) is 72.0 cm³/mol. The van der Waals surface area contributed by atoms with Crippen molar-refractivity contribution in [3.05, 3.63) is 17.5 Å². The van der Waals surface area contributed by atoms with Crippen LogP contribution < -0.4 is 5.32 Å². The van der Waals surface area contributed by atoms with Crippen molar-refractivity contribution in [2.45, 2.75) is 38.5 Å². The molecule has 1 N–H and O–H groups in total. The van der Waals surface area contributed by atoms with Crippen LogP contribution in [0.2, 0.25) is 0 Å². The number of carbonyl (C=O) groups excluding carboxylic acids is 1. The van der Waals surface area contributed by atoms with Crippen LogP contribution >= 0.6 is 0 Å². The van der Waals surface area contributed by atoms with E-state index in [1.54, 1.807) is 7.05 Å². The second-order valence-electron chi connectivity index (χ2n) is 5.73. The zero-order chi connectivity index (χ0) is 14.1. The first kappa shape index (κ1) is 13.6. The average molecular weight is 279 g/mol. The van der Waals surface area contributed by atoms with Crippen LogP contribution in [0.4, 0.5) is 0 Å². The van der Waals surface area contributed by atoms with Gasteiger partial charge in [0.2, 0.25) is 5.91 Å². The Morgan fingerprint density at radius 3 is 3.15 bits per heavy atom. The summed E-state index contributed by atoms with van der Waals surface area (Å²) in [4.78, 5) is 14.0. The van der Waals surface area contributed by atoms with Gasteiger partial charge in [-0.2, -0.15) is 0 Å². The maximum absolute atomic E-state index is 11.7. The van der Waals surface area contributed by atoms with Crippen LogP contribution in [0.5, 0.6) is 0 Å². The Balaban J connectivity index is 1.57. The highest BCUT2D eigenvalue weighted by Crippen LogP contribution is 2.33. The average Bonchev–Trinajstić information content (AvgIpc) is 3.03. The van der Waals surface area contributed by atoms with Gasteiger partial charge in [0.05, 0.1) is 11.8 Å². The molecule has 0 radical (unpaired) electrons. The number of fused-ring (bicyclic) bond motifs is 1. The number of piperidine rings is 1. The zero-order valence-electron chi connectivity index (χ0n) is 12.0. The molecule has 6 heteroatoms. The number of aromatic nitrogens is 1. The quantitative estimate of drug-likeness (QED) is 0.882. The van der Waals surface area contributed by atoms with Crippen molar-refractivity contribution in [3.8, 4) is 0 Å². The molecule has 0 aliphatic carbocycles. The molecule has 3 atom stereocenters. The van der Waals surface area contributed by atoms with Crippen LogP contribution in [0.1, 0.15) is 24.3 Å². The number of hydrogen-bond donors (Lipinski definition) is 1. The van der Waals surface area contributed by atoms with E-state index in [0.29, 0.717) is 5.92 Å². The maximum Gasteiger partial charge on any atom is 0.248 e. The van der Waals surface area contributed by atoms with Crippen LogP contribution in [0.15, 0.2) is 10.6 Å². The van der Waals surface area contributed by atoms with Crippen molar-refractivity contribution in [2.24, 2.45) is 5.92 Å². The first-order valence-electron chi connectivity index (χ1n) is 7.17. The van der Waals surface area contributed by atoms with Gasteiger partial charge in [0.25, 0.3) is 0 Å². The van der Waals surface area contributed by atoms with Gasteiger partial charge >= 0.3 is 0 Å². The number of nitrogens with one attached hydrogen (secondary N) is 1. The molecule has 0 saturated carbocycles. The molecule has 0 bridgehead atoms. The highest BCUT2D eigenvalue weighted by atomic mass is 16.5. The number of ether oxygens (including phenoxy) is 1. The third-order valence-electron chi connectivity index (χ3n) is 4.24. The Morgan fingerprint density at radius 1 is 1.60 bits per heavy atom. The molecule has 2 aliphatic rings. The summed E-state index contributed by atoms with van der Waals surface area (Å²) in [5.41, 5.74) is 0.960. The van der Waals surface area contributed by atoms with E-state index in [4.69, 9.17) is 9.26 Å². The van der Waals surface area contributed by atoms with Gasteiger partial charge in [-0.05, 0) is 32.2 Å². The van der Waals surface area contributed by atoms with Crippen molar-refractivity contribution in [1.82, 2.24) is 15.4 Å². The lowest BCUT2D eigenvalue weighted by molar-refractivity contribution is -0.132. The molecule has 1 aromatic rings. The number of nitrogens with zero attached hydrogens (tertiary/aromatic N) is 2. The fourth-order valence-corrected chi connectivity index (χ4v) is 3.19. The fraction of sp³-hybridized carbons (Fsp3) is 0.714. The Labute approximate surface area is 118 Å². The second-order valence-corrected chi connectivity index (χ2v) is 5.73. The summed E-state index contributed by atoms with van der Waals surface area (Å²) in [6.07, 6.45) is 1.82. The molecule has 110 valence electrons. The van der Waals surface area contributed by atoms with Crippen LogP contribution in [0.3, 0.4) is 0 Å². The number of rotatable bonds is 3.